The third-order valence-corrected chi connectivity index (χ3v) is 16.5. The van der Waals surface area contributed by atoms with Gasteiger partial charge in [0.25, 0.3) is 10.1 Å². The van der Waals surface area contributed by atoms with E-state index in [2.05, 4.69) is 33.0 Å². The fraction of sp³-hybridized carbons (Fsp3) is 0.957. The van der Waals surface area contributed by atoms with Gasteiger partial charge in [0, 0.05) is 19.4 Å². The van der Waals surface area contributed by atoms with Crippen LogP contribution in [0.4, 0.5) is 0 Å². The van der Waals surface area contributed by atoms with Crippen LogP contribution in [0.3, 0.4) is 0 Å². The molecular weight excluding hydrogens is 711 g/mol. The van der Waals surface area contributed by atoms with Crippen LogP contribution in [0.1, 0.15) is 207 Å². The third-order valence-electron chi connectivity index (χ3n) is 15.8. The Kier molecular flexibility index (Phi) is 19.3. The summed E-state index contributed by atoms with van der Waals surface area (Å²) in [6, 6.07) is 0. The molecule has 8 nitrogen and oxygen atoms in total. The molecule has 0 saturated heterocycles. The number of carbonyl (C=O) groups is 2. The SMILES string of the molecule is CCCCCCCCCCCCCCCCCCCC(=O)OC1CCC2(C)C(CCC3C2CC(O)C2(C)C(C(C)CCC(=O)NCCS(=O)(=O)O)CCC32)C1. The van der Waals surface area contributed by atoms with Gasteiger partial charge in [-0.25, -0.2) is 0 Å². The predicted molar refractivity (Wildman–Crippen MR) is 223 cm³/mol. The highest BCUT2D eigenvalue weighted by Gasteiger charge is 2.63. The minimum Gasteiger partial charge on any atom is -0.462 e. The van der Waals surface area contributed by atoms with Gasteiger partial charge in [-0.2, -0.15) is 8.42 Å². The number of nitrogens with one attached hydrogen (secondary N) is 1. The van der Waals surface area contributed by atoms with E-state index in [1.54, 1.807) is 0 Å². The van der Waals surface area contributed by atoms with Crippen molar-refractivity contribution in [3.05, 3.63) is 0 Å². The van der Waals surface area contributed by atoms with Crippen molar-refractivity contribution < 1.29 is 32.4 Å². The summed E-state index contributed by atoms with van der Waals surface area (Å²) >= 11 is 0. The molecule has 0 bridgehead atoms. The molecule has 320 valence electrons. The van der Waals surface area contributed by atoms with Crippen molar-refractivity contribution in [3.63, 3.8) is 0 Å². The molecule has 4 saturated carbocycles. The van der Waals surface area contributed by atoms with Crippen LogP contribution in [-0.4, -0.2) is 54.5 Å². The van der Waals surface area contributed by atoms with Crippen LogP contribution in [-0.2, 0) is 24.4 Å². The average Bonchev–Trinajstić information content (AvgIpc) is 3.50. The maximum atomic E-state index is 12.9. The minimum absolute atomic E-state index is 0.00573. The molecule has 0 aliphatic heterocycles. The van der Waals surface area contributed by atoms with Gasteiger partial charge in [0.1, 0.15) is 6.10 Å². The van der Waals surface area contributed by atoms with Gasteiger partial charge in [-0.15, -0.1) is 0 Å². The molecule has 1 amide bonds. The fourth-order valence-electron chi connectivity index (χ4n) is 12.5. The van der Waals surface area contributed by atoms with Gasteiger partial charge in [0.2, 0.25) is 5.91 Å². The number of esters is 1. The van der Waals surface area contributed by atoms with E-state index in [9.17, 15) is 23.1 Å². The predicted octanol–water partition coefficient (Wildman–Crippen LogP) is 11.0. The van der Waals surface area contributed by atoms with Gasteiger partial charge < -0.3 is 15.2 Å². The lowest BCUT2D eigenvalue weighted by atomic mass is 9.43. The summed E-state index contributed by atoms with van der Waals surface area (Å²) in [7, 11) is -4.10. The molecule has 0 radical (unpaired) electrons. The second-order valence-corrected chi connectivity index (χ2v) is 21.0. The molecule has 4 aliphatic rings. The van der Waals surface area contributed by atoms with E-state index in [4.69, 9.17) is 9.29 Å². The molecule has 0 spiro atoms. The van der Waals surface area contributed by atoms with Crippen molar-refractivity contribution in [1.82, 2.24) is 5.32 Å². The maximum Gasteiger partial charge on any atom is 0.306 e. The van der Waals surface area contributed by atoms with Gasteiger partial charge >= 0.3 is 5.97 Å². The highest BCUT2D eigenvalue weighted by atomic mass is 32.2. The van der Waals surface area contributed by atoms with E-state index >= 15 is 0 Å². The molecule has 10 atom stereocenters. The summed E-state index contributed by atoms with van der Waals surface area (Å²) in [4.78, 5) is 25.3. The number of hydrogen-bond donors (Lipinski definition) is 3. The highest BCUT2D eigenvalue weighted by molar-refractivity contribution is 7.85. The number of hydrogen-bond acceptors (Lipinski definition) is 6. The van der Waals surface area contributed by atoms with Crippen LogP contribution in [0.25, 0.3) is 0 Å². The molecule has 3 N–H and O–H groups in total. The van der Waals surface area contributed by atoms with E-state index in [0.717, 1.165) is 51.4 Å². The third kappa shape index (κ3) is 13.7. The zero-order valence-electron chi connectivity index (χ0n) is 35.7. The van der Waals surface area contributed by atoms with Gasteiger partial charge in [-0.1, -0.05) is 130 Å². The second-order valence-electron chi connectivity index (χ2n) is 19.4. The first-order valence-corrected chi connectivity index (χ1v) is 25.0. The largest absolute Gasteiger partial charge is 0.462 e. The van der Waals surface area contributed by atoms with Gasteiger partial charge in [-0.05, 0) is 111 Å². The van der Waals surface area contributed by atoms with Crippen molar-refractivity contribution in [2.45, 2.75) is 220 Å². The molecule has 0 aromatic rings. The Hall–Kier alpha value is -1.19. The van der Waals surface area contributed by atoms with Gasteiger partial charge in [-0.3, -0.25) is 14.1 Å². The average molecular weight is 794 g/mol. The van der Waals surface area contributed by atoms with Crippen LogP contribution in [0, 0.1) is 46.3 Å². The number of rotatable bonds is 26. The first kappa shape index (κ1) is 46.5. The van der Waals surface area contributed by atoms with Gasteiger partial charge in [0.15, 0.2) is 0 Å². The zero-order chi connectivity index (χ0) is 39.9. The van der Waals surface area contributed by atoms with E-state index in [1.165, 1.54) is 109 Å². The number of unbranched alkanes of at least 4 members (excludes halogenated alkanes) is 16. The Bertz CT molecular complexity index is 1260. The number of aliphatic hydroxyl groups excluding tert-OH is 1. The van der Waals surface area contributed by atoms with Crippen molar-refractivity contribution in [3.8, 4) is 0 Å². The van der Waals surface area contributed by atoms with Crippen LogP contribution >= 0.6 is 0 Å². The Morgan fingerprint density at radius 1 is 0.764 bits per heavy atom. The number of fused-ring (bicyclic) bond motifs is 5. The lowest BCUT2D eigenvalue weighted by molar-refractivity contribution is -0.181. The van der Waals surface area contributed by atoms with Crippen molar-refractivity contribution >= 4 is 22.0 Å². The normalized spacial score (nSPS) is 32.3. The summed E-state index contributed by atoms with van der Waals surface area (Å²) < 4.78 is 37.0. The van der Waals surface area contributed by atoms with Crippen molar-refractivity contribution in [2.24, 2.45) is 46.3 Å². The van der Waals surface area contributed by atoms with Gasteiger partial charge in [0.05, 0.1) is 11.9 Å². The number of carbonyl (C=O) groups excluding carboxylic acids is 2. The topological polar surface area (TPSA) is 130 Å². The first-order chi connectivity index (χ1) is 26.3. The lowest BCUT2D eigenvalue weighted by Crippen LogP contribution is -2.59. The van der Waals surface area contributed by atoms with E-state index in [1.807, 2.05) is 0 Å². The molecule has 10 unspecified atom stereocenters. The zero-order valence-corrected chi connectivity index (χ0v) is 36.5. The first-order valence-electron chi connectivity index (χ1n) is 23.4. The standard InChI is InChI=1S/C46H83NO7S/c1-5-6-7-8-9-10-11-12-13-14-15-16-17-18-19-20-21-22-44(50)54-37-29-30-45(3)36(33-37)24-25-38-40-27-26-39(46(40,4)42(48)34-41(38)45)35(2)23-28-43(49)47-31-32-55(51,52)53/h35-42,48H,5-34H2,1-4H3,(H,47,49)(H,51,52,53). The quantitative estimate of drug-likeness (QED) is 0.0451. The Morgan fingerprint density at radius 2 is 1.35 bits per heavy atom. The molecule has 0 heterocycles. The Labute approximate surface area is 337 Å². The monoisotopic (exact) mass is 794 g/mol. The molecular formula is C46H83NO7S. The van der Waals surface area contributed by atoms with Crippen LogP contribution in [0.2, 0.25) is 0 Å². The summed E-state index contributed by atoms with van der Waals surface area (Å²) in [5, 5.41) is 14.6. The smallest absolute Gasteiger partial charge is 0.306 e. The molecule has 9 heteroatoms. The number of amides is 1. The summed E-state index contributed by atoms with van der Waals surface area (Å²) in [5.41, 5.74) is 0.00982. The molecule has 4 aliphatic carbocycles. The Balaban J connectivity index is 1.09. The molecule has 55 heavy (non-hydrogen) atoms. The maximum absolute atomic E-state index is 12.9. The fourth-order valence-corrected chi connectivity index (χ4v) is 12.8. The van der Waals surface area contributed by atoms with E-state index < -0.39 is 15.9 Å². The number of aliphatic hydroxyl groups is 1. The number of ether oxygens (including phenoxy) is 1. The molecule has 4 rings (SSSR count). The van der Waals surface area contributed by atoms with E-state index in [-0.39, 0.29) is 47.4 Å². The summed E-state index contributed by atoms with van der Waals surface area (Å²) in [6.07, 6.45) is 32.3. The molecule has 0 aromatic carbocycles. The van der Waals surface area contributed by atoms with Crippen LogP contribution in [0.5, 0.6) is 0 Å². The Morgan fingerprint density at radius 3 is 1.93 bits per heavy atom. The lowest BCUT2D eigenvalue weighted by Gasteiger charge is -2.62. The van der Waals surface area contributed by atoms with E-state index in [0.29, 0.717) is 48.9 Å². The highest BCUT2D eigenvalue weighted by Crippen LogP contribution is 2.68. The summed E-state index contributed by atoms with van der Waals surface area (Å²) in [6.45, 7) is 9.22. The van der Waals surface area contributed by atoms with Crippen LogP contribution < -0.4 is 5.32 Å². The van der Waals surface area contributed by atoms with Crippen LogP contribution in [0.15, 0.2) is 0 Å². The summed E-state index contributed by atoms with van der Waals surface area (Å²) in [5.74, 6) is 2.06. The van der Waals surface area contributed by atoms with Crippen molar-refractivity contribution in [2.75, 3.05) is 12.3 Å². The second kappa shape index (κ2) is 22.8. The molecule has 0 aromatic heterocycles. The molecule has 4 fully saturated rings. The minimum atomic E-state index is -4.10. The van der Waals surface area contributed by atoms with Crippen molar-refractivity contribution in [1.29, 1.82) is 0 Å².